The molecule has 0 spiro atoms. The second-order valence-corrected chi connectivity index (χ2v) is 8.55. The van der Waals surface area contributed by atoms with Gasteiger partial charge in [-0.15, -0.1) is 0 Å². The van der Waals surface area contributed by atoms with Gasteiger partial charge in [0.25, 0.3) is 0 Å². The molecule has 16 heteroatoms. The van der Waals surface area contributed by atoms with E-state index < -0.39 is 72.6 Å². The van der Waals surface area contributed by atoms with Gasteiger partial charge in [-0.1, -0.05) is 12.1 Å². The molecule has 11 N–H and O–H groups in total. The standard InChI is InChI=1S/C23H29N7O9/c24-14(6-12-9-26-10-27-12)20(35)28-15(7-18(25)32)21(36)29-16(8-19(33)34)22(37)30-17(23(38)39)5-11-1-3-13(31)4-2-11/h1-4,9-10,14-17,31H,5-8,24H2,(H2,25,32)(H,26,27)(H,28,35)(H,29,36)(H,30,37)(H,33,34)(H,38,39). The summed E-state index contributed by atoms with van der Waals surface area (Å²) >= 11 is 0. The SMILES string of the molecule is NC(=O)CC(NC(=O)C(N)Cc1cnc[nH]1)C(=O)NC(CC(=O)O)C(=O)NC(Cc1ccc(O)cc1)C(=O)O. The number of carbonyl (C=O) groups is 6. The number of phenolic OH excluding ortho intramolecular Hbond substituents is 1. The van der Waals surface area contributed by atoms with Crippen LogP contribution in [0.3, 0.4) is 0 Å². The summed E-state index contributed by atoms with van der Waals surface area (Å²) in [6.07, 6.45) is 0.953. The van der Waals surface area contributed by atoms with E-state index in [2.05, 4.69) is 25.9 Å². The maximum absolute atomic E-state index is 12.9. The third-order valence-corrected chi connectivity index (χ3v) is 5.37. The molecule has 4 unspecified atom stereocenters. The molecule has 4 amide bonds. The molecule has 0 aliphatic rings. The first kappa shape index (κ1) is 30.2. The first-order valence-electron chi connectivity index (χ1n) is 11.5. The highest BCUT2D eigenvalue weighted by Crippen LogP contribution is 2.12. The second kappa shape index (κ2) is 14.1. The number of rotatable bonds is 15. The zero-order valence-electron chi connectivity index (χ0n) is 20.5. The number of carbonyl (C=O) groups excluding carboxylic acids is 4. The molecule has 1 aromatic carbocycles. The Labute approximate surface area is 221 Å². The van der Waals surface area contributed by atoms with E-state index in [9.17, 15) is 44.1 Å². The van der Waals surface area contributed by atoms with Gasteiger partial charge in [-0.3, -0.25) is 24.0 Å². The summed E-state index contributed by atoms with van der Waals surface area (Å²) in [6.45, 7) is 0. The third kappa shape index (κ3) is 10.1. The predicted octanol–water partition coefficient (Wildman–Crippen LogP) is -2.88. The maximum atomic E-state index is 12.9. The Morgan fingerprint density at radius 2 is 1.41 bits per heavy atom. The molecule has 4 atom stereocenters. The zero-order chi connectivity index (χ0) is 29.1. The van der Waals surface area contributed by atoms with Crippen LogP contribution in [-0.2, 0) is 41.6 Å². The lowest BCUT2D eigenvalue weighted by molar-refractivity contribution is -0.143. The molecule has 0 saturated heterocycles. The summed E-state index contributed by atoms with van der Waals surface area (Å²) < 4.78 is 0. The minimum absolute atomic E-state index is 0.0123. The van der Waals surface area contributed by atoms with Crippen molar-refractivity contribution in [2.24, 2.45) is 11.5 Å². The average molecular weight is 548 g/mol. The molecule has 1 heterocycles. The van der Waals surface area contributed by atoms with Gasteiger partial charge in [-0.2, -0.15) is 0 Å². The van der Waals surface area contributed by atoms with E-state index in [4.69, 9.17) is 11.5 Å². The van der Waals surface area contributed by atoms with Gasteiger partial charge < -0.3 is 47.7 Å². The molecule has 39 heavy (non-hydrogen) atoms. The van der Waals surface area contributed by atoms with E-state index >= 15 is 0 Å². The minimum atomic E-state index is -1.78. The highest BCUT2D eigenvalue weighted by atomic mass is 16.4. The Hall–Kier alpha value is -4.99. The number of H-pyrrole nitrogens is 1. The van der Waals surface area contributed by atoms with Crippen molar-refractivity contribution in [2.45, 2.75) is 49.9 Å². The number of aliphatic carboxylic acids is 2. The Kier molecular flexibility index (Phi) is 10.9. The Morgan fingerprint density at radius 1 is 0.846 bits per heavy atom. The monoisotopic (exact) mass is 547 g/mol. The number of primary amides is 1. The summed E-state index contributed by atoms with van der Waals surface area (Å²) in [4.78, 5) is 79.4. The van der Waals surface area contributed by atoms with Crippen LogP contribution < -0.4 is 27.4 Å². The van der Waals surface area contributed by atoms with Crippen molar-refractivity contribution in [2.75, 3.05) is 0 Å². The van der Waals surface area contributed by atoms with Crippen LogP contribution in [0, 0.1) is 0 Å². The third-order valence-electron chi connectivity index (χ3n) is 5.37. The molecule has 1 aromatic heterocycles. The number of nitrogens with one attached hydrogen (secondary N) is 4. The van der Waals surface area contributed by atoms with Gasteiger partial charge in [0, 0.05) is 24.7 Å². The van der Waals surface area contributed by atoms with Gasteiger partial charge in [0.15, 0.2) is 0 Å². The van der Waals surface area contributed by atoms with Crippen molar-refractivity contribution in [3.63, 3.8) is 0 Å². The number of phenols is 1. The number of amides is 4. The van der Waals surface area contributed by atoms with Crippen molar-refractivity contribution in [1.29, 1.82) is 0 Å². The molecule has 0 aliphatic carbocycles. The van der Waals surface area contributed by atoms with E-state index in [1.54, 1.807) is 0 Å². The lowest BCUT2D eigenvalue weighted by Crippen LogP contribution is -2.58. The Balaban J connectivity index is 2.13. The first-order chi connectivity index (χ1) is 18.3. The minimum Gasteiger partial charge on any atom is -0.508 e. The van der Waals surface area contributed by atoms with Crippen LogP contribution in [0.1, 0.15) is 24.1 Å². The molecule has 210 valence electrons. The molecular formula is C23H29N7O9. The lowest BCUT2D eigenvalue weighted by atomic mass is 10.0. The highest BCUT2D eigenvalue weighted by Gasteiger charge is 2.32. The average Bonchev–Trinajstić information content (AvgIpc) is 3.36. The van der Waals surface area contributed by atoms with Gasteiger partial charge in [0.2, 0.25) is 23.6 Å². The van der Waals surface area contributed by atoms with Crippen LogP contribution in [0.5, 0.6) is 5.75 Å². The number of carboxylic acid groups (broad SMARTS) is 2. The van der Waals surface area contributed by atoms with Crippen molar-refractivity contribution in [3.8, 4) is 5.75 Å². The van der Waals surface area contributed by atoms with Crippen LogP contribution in [0.25, 0.3) is 0 Å². The van der Waals surface area contributed by atoms with Crippen molar-refractivity contribution in [1.82, 2.24) is 25.9 Å². The van der Waals surface area contributed by atoms with E-state index in [1.165, 1.54) is 36.8 Å². The summed E-state index contributed by atoms with van der Waals surface area (Å²) in [7, 11) is 0. The van der Waals surface area contributed by atoms with E-state index in [-0.39, 0.29) is 18.6 Å². The summed E-state index contributed by atoms with van der Waals surface area (Å²) in [6, 6.07) is -0.569. The van der Waals surface area contributed by atoms with Gasteiger partial charge in [0.05, 0.1) is 25.2 Å². The summed E-state index contributed by atoms with van der Waals surface area (Å²) in [5.41, 5.74) is 12.0. The fraction of sp³-hybridized carbons (Fsp3) is 0.348. The van der Waals surface area contributed by atoms with E-state index in [0.29, 0.717) is 11.3 Å². The molecule has 2 aromatic rings. The molecule has 0 aliphatic heterocycles. The van der Waals surface area contributed by atoms with E-state index in [1.807, 2.05) is 0 Å². The van der Waals surface area contributed by atoms with Gasteiger partial charge in [0.1, 0.15) is 23.9 Å². The number of benzene rings is 1. The Morgan fingerprint density at radius 3 is 1.92 bits per heavy atom. The normalized spacial score (nSPS) is 13.8. The summed E-state index contributed by atoms with van der Waals surface area (Å²) in [5, 5.41) is 34.7. The van der Waals surface area contributed by atoms with Crippen LogP contribution in [0.15, 0.2) is 36.8 Å². The van der Waals surface area contributed by atoms with Crippen LogP contribution in [0.4, 0.5) is 0 Å². The molecule has 16 nitrogen and oxygen atoms in total. The number of nitrogens with two attached hydrogens (primary N) is 2. The van der Waals surface area contributed by atoms with Crippen molar-refractivity contribution < 1.29 is 44.1 Å². The van der Waals surface area contributed by atoms with Crippen LogP contribution in [0.2, 0.25) is 0 Å². The fourth-order valence-electron chi connectivity index (χ4n) is 3.41. The number of nitrogens with zero attached hydrogens (tertiary/aromatic N) is 1. The number of aromatic hydroxyl groups is 1. The number of hydrogen-bond acceptors (Lipinski definition) is 9. The topological polar surface area (TPSA) is 280 Å². The van der Waals surface area contributed by atoms with Crippen molar-refractivity contribution in [3.05, 3.63) is 48.0 Å². The van der Waals surface area contributed by atoms with Crippen LogP contribution >= 0.6 is 0 Å². The molecule has 2 rings (SSSR count). The molecule has 0 saturated carbocycles. The zero-order valence-corrected chi connectivity index (χ0v) is 20.5. The van der Waals surface area contributed by atoms with E-state index in [0.717, 1.165) is 0 Å². The number of aromatic amines is 1. The number of aromatic nitrogens is 2. The lowest BCUT2D eigenvalue weighted by Gasteiger charge is -2.24. The molecule has 0 radical (unpaired) electrons. The van der Waals surface area contributed by atoms with Crippen molar-refractivity contribution >= 4 is 35.6 Å². The number of carboxylic acids is 2. The number of imidazole rings is 1. The van der Waals surface area contributed by atoms with Gasteiger partial charge >= 0.3 is 11.9 Å². The Bertz CT molecular complexity index is 1190. The number of hydrogen-bond donors (Lipinski definition) is 9. The highest BCUT2D eigenvalue weighted by molar-refractivity contribution is 5.97. The fourth-order valence-corrected chi connectivity index (χ4v) is 3.41. The van der Waals surface area contributed by atoms with Gasteiger partial charge in [-0.05, 0) is 17.7 Å². The molecular weight excluding hydrogens is 518 g/mol. The predicted molar refractivity (Wildman–Crippen MR) is 132 cm³/mol. The quantitative estimate of drug-likeness (QED) is 0.109. The first-order valence-corrected chi connectivity index (χ1v) is 11.5. The van der Waals surface area contributed by atoms with Gasteiger partial charge in [-0.25, -0.2) is 9.78 Å². The summed E-state index contributed by atoms with van der Waals surface area (Å²) in [5.74, 6) is -7.10. The second-order valence-electron chi connectivity index (χ2n) is 8.55. The molecule has 0 bridgehead atoms. The largest absolute Gasteiger partial charge is 0.508 e. The maximum Gasteiger partial charge on any atom is 0.326 e. The molecule has 0 fully saturated rings. The van der Waals surface area contributed by atoms with Crippen LogP contribution in [-0.4, -0.2) is 85.0 Å². The smallest absolute Gasteiger partial charge is 0.326 e.